The maximum Gasteiger partial charge on any atom is 0.347 e. The second-order valence-electron chi connectivity index (χ2n) is 7.32. The number of hydrogen-bond donors (Lipinski definition) is 2. The Balaban J connectivity index is 1.83. The first kappa shape index (κ1) is 19.9. The molecule has 2 atom stereocenters. The Hall–Kier alpha value is -2.86. The Morgan fingerprint density at radius 1 is 1.21 bits per heavy atom. The molecule has 3 rings (SSSR count). The fourth-order valence-corrected chi connectivity index (χ4v) is 3.04. The van der Waals surface area contributed by atoms with Gasteiger partial charge in [-0.05, 0) is 45.4 Å². The van der Waals surface area contributed by atoms with Gasteiger partial charge >= 0.3 is 5.97 Å². The summed E-state index contributed by atoms with van der Waals surface area (Å²) in [6.45, 7) is 7.16. The van der Waals surface area contributed by atoms with Crippen molar-refractivity contribution in [2.75, 3.05) is 0 Å². The van der Waals surface area contributed by atoms with Crippen LogP contribution in [0.3, 0.4) is 0 Å². The molecule has 0 aliphatic rings. The summed E-state index contributed by atoms with van der Waals surface area (Å²) < 4.78 is 11.7. The quantitative estimate of drug-likeness (QED) is 0.578. The molecule has 0 saturated heterocycles. The van der Waals surface area contributed by atoms with Crippen LogP contribution in [-0.2, 0) is 4.79 Å². The van der Waals surface area contributed by atoms with Crippen molar-refractivity contribution in [3.05, 3.63) is 60.0 Å². The van der Waals surface area contributed by atoms with E-state index in [1.807, 2.05) is 49.4 Å². The van der Waals surface area contributed by atoms with E-state index in [1.54, 1.807) is 6.07 Å². The van der Waals surface area contributed by atoms with E-state index in [2.05, 4.69) is 17.2 Å². The summed E-state index contributed by atoms with van der Waals surface area (Å²) in [5.41, 5.74) is 1.15. The monoisotopic (exact) mass is 382 g/mol. The number of aromatic nitrogens is 1. The Labute approximate surface area is 164 Å². The molecule has 148 valence electrons. The molecule has 6 nitrogen and oxygen atoms in total. The Kier molecular flexibility index (Phi) is 5.70. The summed E-state index contributed by atoms with van der Waals surface area (Å²) in [7, 11) is 0. The third-order valence-electron chi connectivity index (χ3n) is 4.73. The molecule has 1 aromatic heterocycles. The number of carboxylic acid groups (broad SMARTS) is 1. The minimum Gasteiger partial charge on any atom is -0.478 e. The van der Waals surface area contributed by atoms with Crippen LogP contribution in [0.15, 0.2) is 52.9 Å². The van der Waals surface area contributed by atoms with Gasteiger partial charge in [-0.2, -0.15) is 0 Å². The summed E-state index contributed by atoms with van der Waals surface area (Å²) in [4.78, 5) is 16.0. The van der Waals surface area contributed by atoms with E-state index in [-0.39, 0.29) is 12.1 Å². The SMILES string of the molecule is CCC(NC(C)c1ccccc1OC(C)(C)C(=O)O)c1nc2ccccc2o1. The number of oxazole rings is 1. The lowest BCUT2D eigenvalue weighted by molar-refractivity contribution is -0.152. The molecule has 0 spiro atoms. The van der Waals surface area contributed by atoms with Crippen molar-refractivity contribution in [1.82, 2.24) is 10.3 Å². The highest BCUT2D eigenvalue weighted by molar-refractivity contribution is 5.77. The van der Waals surface area contributed by atoms with Crippen LogP contribution < -0.4 is 10.1 Å². The van der Waals surface area contributed by atoms with Crippen LogP contribution in [0.25, 0.3) is 11.1 Å². The highest BCUT2D eigenvalue weighted by Crippen LogP contribution is 2.31. The predicted molar refractivity (Wildman–Crippen MR) is 107 cm³/mol. The topological polar surface area (TPSA) is 84.6 Å². The zero-order valence-electron chi connectivity index (χ0n) is 16.6. The van der Waals surface area contributed by atoms with Crippen molar-refractivity contribution in [3.63, 3.8) is 0 Å². The Morgan fingerprint density at radius 3 is 2.57 bits per heavy atom. The van der Waals surface area contributed by atoms with Crippen LogP contribution in [0.5, 0.6) is 5.75 Å². The fourth-order valence-electron chi connectivity index (χ4n) is 3.04. The minimum atomic E-state index is -1.32. The Bertz CT molecular complexity index is 931. The van der Waals surface area contributed by atoms with Gasteiger partial charge in [0.1, 0.15) is 11.3 Å². The van der Waals surface area contributed by atoms with Crippen molar-refractivity contribution in [1.29, 1.82) is 0 Å². The first-order valence-corrected chi connectivity index (χ1v) is 9.44. The number of benzene rings is 2. The van der Waals surface area contributed by atoms with Gasteiger partial charge in [0, 0.05) is 11.6 Å². The molecule has 2 unspecified atom stereocenters. The first-order chi connectivity index (χ1) is 13.3. The average Bonchev–Trinajstić information content (AvgIpc) is 3.09. The summed E-state index contributed by atoms with van der Waals surface area (Å²) in [6, 6.07) is 15.0. The number of carboxylic acids is 1. The van der Waals surface area contributed by atoms with E-state index in [0.29, 0.717) is 11.6 Å². The molecule has 1 heterocycles. The number of nitrogens with zero attached hydrogens (tertiary/aromatic N) is 1. The van der Waals surface area contributed by atoms with Gasteiger partial charge in [-0.3, -0.25) is 5.32 Å². The molecule has 0 aliphatic carbocycles. The van der Waals surface area contributed by atoms with Crippen molar-refractivity contribution in [2.24, 2.45) is 0 Å². The summed E-state index contributed by atoms with van der Waals surface area (Å²) in [5, 5.41) is 12.9. The lowest BCUT2D eigenvalue weighted by Gasteiger charge is -2.26. The van der Waals surface area contributed by atoms with Crippen LogP contribution >= 0.6 is 0 Å². The normalized spacial score (nSPS) is 14.0. The predicted octanol–water partition coefficient (Wildman–Crippen LogP) is 4.87. The number of carbonyl (C=O) groups is 1. The van der Waals surface area contributed by atoms with Gasteiger partial charge in [0.25, 0.3) is 0 Å². The molecule has 6 heteroatoms. The van der Waals surface area contributed by atoms with Crippen molar-refractivity contribution in [2.45, 2.75) is 51.8 Å². The molecule has 0 aliphatic heterocycles. The minimum absolute atomic E-state index is 0.0806. The largest absolute Gasteiger partial charge is 0.478 e. The number of ether oxygens (including phenoxy) is 1. The lowest BCUT2D eigenvalue weighted by atomic mass is 10.0. The van der Waals surface area contributed by atoms with E-state index in [1.165, 1.54) is 13.8 Å². The maximum absolute atomic E-state index is 11.4. The standard InChI is InChI=1S/C22H26N2O4/c1-5-16(20-24-17-11-7-9-13-19(17)27-20)23-14(2)15-10-6-8-12-18(15)28-22(3,4)21(25)26/h6-14,16,23H,5H2,1-4H3,(H,25,26). The van der Waals surface area contributed by atoms with Gasteiger partial charge in [-0.1, -0.05) is 37.3 Å². The van der Waals surface area contributed by atoms with Crippen LogP contribution in [0.2, 0.25) is 0 Å². The van der Waals surface area contributed by atoms with Gasteiger partial charge in [0.15, 0.2) is 11.2 Å². The highest BCUT2D eigenvalue weighted by atomic mass is 16.5. The number of hydrogen-bond acceptors (Lipinski definition) is 5. The summed E-state index contributed by atoms with van der Waals surface area (Å²) in [5.74, 6) is 0.169. The molecule has 2 aromatic carbocycles. The number of fused-ring (bicyclic) bond motifs is 1. The van der Waals surface area contributed by atoms with Gasteiger partial charge in [0.2, 0.25) is 5.89 Å². The van der Waals surface area contributed by atoms with Gasteiger partial charge in [-0.25, -0.2) is 9.78 Å². The van der Waals surface area contributed by atoms with Crippen LogP contribution in [-0.4, -0.2) is 21.7 Å². The molecule has 2 N–H and O–H groups in total. The van der Waals surface area contributed by atoms with Crippen molar-refractivity contribution < 1.29 is 19.1 Å². The third kappa shape index (κ3) is 4.17. The highest BCUT2D eigenvalue weighted by Gasteiger charge is 2.31. The molecule has 0 amide bonds. The Morgan fingerprint density at radius 2 is 1.89 bits per heavy atom. The molecular weight excluding hydrogens is 356 g/mol. The molecular formula is C22H26N2O4. The second kappa shape index (κ2) is 8.02. The molecule has 0 fully saturated rings. The number of rotatable bonds is 8. The lowest BCUT2D eigenvalue weighted by Crippen LogP contribution is -2.38. The zero-order valence-corrected chi connectivity index (χ0v) is 16.6. The summed E-state index contributed by atoms with van der Waals surface area (Å²) >= 11 is 0. The van der Waals surface area contributed by atoms with Crippen LogP contribution in [0.4, 0.5) is 0 Å². The maximum atomic E-state index is 11.4. The number of aliphatic carboxylic acids is 1. The van der Waals surface area contributed by atoms with Crippen molar-refractivity contribution >= 4 is 17.1 Å². The molecule has 0 radical (unpaired) electrons. The van der Waals surface area contributed by atoms with Gasteiger partial charge in [0.05, 0.1) is 6.04 Å². The second-order valence-corrected chi connectivity index (χ2v) is 7.32. The smallest absolute Gasteiger partial charge is 0.347 e. The molecule has 3 aromatic rings. The fraction of sp³-hybridized carbons (Fsp3) is 0.364. The van der Waals surface area contributed by atoms with Crippen LogP contribution in [0, 0.1) is 0 Å². The molecule has 0 saturated carbocycles. The first-order valence-electron chi connectivity index (χ1n) is 9.44. The van der Waals surface area contributed by atoms with Gasteiger partial charge in [-0.15, -0.1) is 0 Å². The van der Waals surface area contributed by atoms with E-state index in [0.717, 1.165) is 23.1 Å². The number of para-hydroxylation sites is 3. The van der Waals surface area contributed by atoms with E-state index in [4.69, 9.17) is 9.15 Å². The van der Waals surface area contributed by atoms with Crippen molar-refractivity contribution in [3.8, 4) is 5.75 Å². The molecule has 28 heavy (non-hydrogen) atoms. The average molecular weight is 382 g/mol. The summed E-state index contributed by atoms with van der Waals surface area (Å²) in [6.07, 6.45) is 0.792. The zero-order chi connectivity index (χ0) is 20.3. The third-order valence-corrected chi connectivity index (χ3v) is 4.73. The van der Waals surface area contributed by atoms with E-state index in [9.17, 15) is 9.90 Å². The van der Waals surface area contributed by atoms with E-state index < -0.39 is 11.6 Å². The van der Waals surface area contributed by atoms with Gasteiger partial charge < -0.3 is 14.3 Å². The van der Waals surface area contributed by atoms with E-state index >= 15 is 0 Å². The van der Waals surface area contributed by atoms with Crippen LogP contribution in [0.1, 0.15) is 57.7 Å². The number of nitrogens with one attached hydrogen (secondary N) is 1. The molecule has 0 bridgehead atoms.